The highest BCUT2D eigenvalue weighted by molar-refractivity contribution is 6.07. The number of anilines is 1. The number of aliphatic imine (C=N–C) groups is 1. The number of benzene rings is 1. The molecule has 220 valence electrons. The molecule has 1 saturated carbocycles. The molecule has 2 amide bonds. The average Bonchev–Trinajstić information content (AvgIpc) is 3.48. The van der Waals surface area contributed by atoms with Crippen LogP contribution in [-0.4, -0.2) is 81.9 Å². The maximum absolute atomic E-state index is 14.2. The number of hydrogen-bond donors (Lipinski definition) is 3. The van der Waals surface area contributed by atoms with Gasteiger partial charge in [0.1, 0.15) is 18.1 Å². The van der Waals surface area contributed by atoms with Crippen LogP contribution in [0.3, 0.4) is 0 Å². The van der Waals surface area contributed by atoms with Crippen molar-refractivity contribution in [1.29, 1.82) is 0 Å². The van der Waals surface area contributed by atoms with Crippen LogP contribution >= 0.6 is 0 Å². The standard InChI is InChI=1S/C30H41N7O4/c1-30(20-39,35-26-24-13-6-5-9-21(24)15-17-33-26)28(41)36-18-8-14-25(36)27(40)37(22-10-3-2-4-11-22)23(19-38)12-7-16-34-29(31)32/h5-6,9,13,15,17,19-20,22-23,25H,2-4,7-8,10-12,14,16,18H2,1H3,(H,33,35)(H4,31,32,34)/t23-,25-,30+/m0/s1. The third-order valence-electron chi connectivity index (χ3n) is 8.22. The summed E-state index contributed by atoms with van der Waals surface area (Å²) >= 11 is 0. The third kappa shape index (κ3) is 6.83. The molecular formula is C30H41N7O4. The number of carbonyl (C=O) groups is 4. The highest BCUT2D eigenvalue weighted by Crippen LogP contribution is 2.31. The molecule has 2 heterocycles. The van der Waals surface area contributed by atoms with Gasteiger partial charge < -0.3 is 36.2 Å². The minimum Gasteiger partial charge on any atom is -0.370 e. The van der Waals surface area contributed by atoms with E-state index in [4.69, 9.17) is 11.5 Å². The van der Waals surface area contributed by atoms with Crippen molar-refractivity contribution < 1.29 is 19.2 Å². The number of aromatic nitrogens is 1. The first-order chi connectivity index (χ1) is 19.8. The van der Waals surface area contributed by atoms with E-state index in [1.807, 2.05) is 30.3 Å². The van der Waals surface area contributed by atoms with Crippen LogP contribution in [0.1, 0.15) is 64.7 Å². The van der Waals surface area contributed by atoms with E-state index in [0.29, 0.717) is 50.9 Å². The van der Waals surface area contributed by atoms with Gasteiger partial charge in [0.05, 0.1) is 6.04 Å². The van der Waals surface area contributed by atoms with Crippen LogP contribution in [0.15, 0.2) is 41.5 Å². The lowest BCUT2D eigenvalue weighted by Crippen LogP contribution is -2.60. The highest BCUT2D eigenvalue weighted by atomic mass is 16.2. The SMILES string of the molecule is C[C@](C=O)(Nc1nccc2ccccc12)C(=O)N1CCC[C@H]1C(=O)N(C1CCCCC1)[C@H](C=O)CCCN=C(N)N. The molecule has 4 rings (SSSR count). The van der Waals surface area contributed by atoms with Crippen LogP contribution in [-0.2, 0) is 19.2 Å². The molecule has 0 radical (unpaired) electrons. The number of likely N-dealkylation sites (tertiary alicyclic amines) is 1. The van der Waals surface area contributed by atoms with Gasteiger partial charge in [0.25, 0.3) is 5.91 Å². The van der Waals surface area contributed by atoms with E-state index < -0.39 is 23.5 Å². The van der Waals surface area contributed by atoms with Crippen LogP contribution < -0.4 is 16.8 Å². The fraction of sp³-hybridized carbons (Fsp3) is 0.533. The van der Waals surface area contributed by atoms with Crippen LogP contribution in [0.2, 0.25) is 0 Å². The highest BCUT2D eigenvalue weighted by Gasteiger charge is 2.46. The van der Waals surface area contributed by atoms with Crippen molar-refractivity contribution in [3.05, 3.63) is 36.5 Å². The Balaban J connectivity index is 1.58. The van der Waals surface area contributed by atoms with Gasteiger partial charge in [-0.25, -0.2) is 4.98 Å². The summed E-state index contributed by atoms with van der Waals surface area (Å²) in [6.45, 7) is 2.22. The van der Waals surface area contributed by atoms with Crippen LogP contribution in [0.4, 0.5) is 5.82 Å². The number of amides is 2. The van der Waals surface area contributed by atoms with Gasteiger partial charge in [0.2, 0.25) is 5.91 Å². The topological polar surface area (TPSA) is 164 Å². The van der Waals surface area contributed by atoms with Crippen LogP contribution in [0.5, 0.6) is 0 Å². The summed E-state index contributed by atoms with van der Waals surface area (Å²) in [5.74, 6) is -0.326. The molecule has 3 atom stereocenters. The maximum Gasteiger partial charge on any atom is 0.256 e. The fourth-order valence-electron chi connectivity index (χ4n) is 6.09. The van der Waals surface area contributed by atoms with E-state index in [1.165, 1.54) is 11.8 Å². The number of pyridine rings is 1. The number of rotatable bonds is 12. The van der Waals surface area contributed by atoms with Gasteiger partial charge in [-0.1, -0.05) is 43.5 Å². The summed E-state index contributed by atoms with van der Waals surface area (Å²) in [4.78, 5) is 64.7. The predicted octanol–water partition coefficient (Wildman–Crippen LogP) is 2.38. The Labute approximate surface area is 240 Å². The van der Waals surface area contributed by atoms with E-state index >= 15 is 0 Å². The molecule has 0 bridgehead atoms. The Morgan fingerprint density at radius 3 is 2.61 bits per heavy atom. The van der Waals surface area contributed by atoms with Crippen molar-refractivity contribution in [2.75, 3.05) is 18.4 Å². The molecule has 0 unspecified atom stereocenters. The van der Waals surface area contributed by atoms with Crippen molar-refractivity contribution in [1.82, 2.24) is 14.8 Å². The molecule has 41 heavy (non-hydrogen) atoms. The molecule has 2 fully saturated rings. The van der Waals surface area contributed by atoms with E-state index in [1.54, 1.807) is 11.1 Å². The molecule has 1 saturated heterocycles. The molecular weight excluding hydrogens is 522 g/mol. The Kier molecular flexibility index (Phi) is 9.91. The second-order valence-corrected chi connectivity index (χ2v) is 11.2. The zero-order valence-electron chi connectivity index (χ0n) is 23.7. The Bertz CT molecular complexity index is 1270. The predicted molar refractivity (Wildman–Crippen MR) is 158 cm³/mol. The lowest BCUT2D eigenvalue weighted by atomic mass is 9.91. The molecule has 11 heteroatoms. The lowest BCUT2D eigenvalue weighted by molar-refractivity contribution is -0.151. The van der Waals surface area contributed by atoms with Crippen molar-refractivity contribution in [3.8, 4) is 0 Å². The van der Waals surface area contributed by atoms with Gasteiger partial charge in [0.15, 0.2) is 17.8 Å². The number of nitrogens with two attached hydrogens (primary N) is 2. The molecule has 1 aliphatic heterocycles. The second kappa shape index (κ2) is 13.6. The van der Waals surface area contributed by atoms with E-state index in [2.05, 4.69) is 15.3 Å². The summed E-state index contributed by atoms with van der Waals surface area (Å²) in [6.07, 6.45) is 9.75. The second-order valence-electron chi connectivity index (χ2n) is 11.2. The number of aldehydes is 2. The van der Waals surface area contributed by atoms with Gasteiger partial charge in [-0.3, -0.25) is 14.6 Å². The van der Waals surface area contributed by atoms with Crippen molar-refractivity contribution >= 4 is 46.9 Å². The minimum absolute atomic E-state index is 0.0153. The first-order valence-corrected chi connectivity index (χ1v) is 14.5. The van der Waals surface area contributed by atoms with E-state index in [9.17, 15) is 19.2 Å². The van der Waals surface area contributed by atoms with Crippen molar-refractivity contribution in [3.63, 3.8) is 0 Å². The number of carbonyl (C=O) groups excluding carboxylic acids is 4. The number of fused-ring (bicyclic) bond motifs is 1. The zero-order valence-corrected chi connectivity index (χ0v) is 23.7. The normalized spacial score (nSPS) is 19.6. The Morgan fingerprint density at radius 2 is 1.90 bits per heavy atom. The van der Waals surface area contributed by atoms with Crippen molar-refractivity contribution in [2.45, 2.75) is 88.4 Å². The number of nitrogens with one attached hydrogen (secondary N) is 1. The molecule has 11 nitrogen and oxygen atoms in total. The van der Waals surface area contributed by atoms with Gasteiger partial charge >= 0.3 is 0 Å². The fourth-order valence-corrected chi connectivity index (χ4v) is 6.09. The molecule has 0 spiro atoms. The smallest absolute Gasteiger partial charge is 0.256 e. The summed E-state index contributed by atoms with van der Waals surface area (Å²) in [6, 6.07) is 7.94. The maximum atomic E-state index is 14.2. The summed E-state index contributed by atoms with van der Waals surface area (Å²) < 4.78 is 0. The summed E-state index contributed by atoms with van der Waals surface area (Å²) in [5, 5.41) is 4.77. The van der Waals surface area contributed by atoms with Crippen LogP contribution in [0.25, 0.3) is 10.8 Å². The quantitative estimate of drug-likeness (QED) is 0.116. The Morgan fingerprint density at radius 1 is 1.15 bits per heavy atom. The number of guanidine groups is 1. The average molecular weight is 564 g/mol. The molecule has 1 aliphatic carbocycles. The molecule has 1 aromatic carbocycles. The largest absolute Gasteiger partial charge is 0.370 e. The number of nitrogens with zero attached hydrogens (tertiary/aromatic N) is 4. The number of hydrogen-bond acceptors (Lipinski definition) is 7. The first kappa shape index (κ1) is 30.0. The zero-order chi connectivity index (χ0) is 29.4. The third-order valence-corrected chi connectivity index (χ3v) is 8.22. The molecule has 1 aromatic heterocycles. The van der Waals surface area contributed by atoms with Gasteiger partial charge in [-0.2, -0.15) is 0 Å². The van der Waals surface area contributed by atoms with Gasteiger partial charge in [-0.05, 0) is 56.9 Å². The van der Waals surface area contributed by atoms with Gasteiger partial charge in [0, 0.05) is 30.7 Å². The first-order valence-electron chi connectivity index (χ1n) is 14.5. The molecule has 2 aromatic rings. The monoisotopic (exact) mass is 563 g/mol. The van der Waals surface area contributed by atoms with Crippen LogP contribution in [0, 0.1) is 0 Å². The van der Waals surface area contributed by atoms with Crippen molar-refractivity contribution in [2.24, 2.45) is 16.5 Å². The lowest BCUT2D eigenvalue weighted by Gasteiger charge is -2.41. The summed E-state index contributed by atoms with van der Waals surface area (Å²) in [7, 11) is 0. The van der Waals surface area contributed by atoms with E-state index in [0.717, 1.165) is 49.2 Å². The molecule has 5 N–H and O–H groups in total. The minimum atomic E-state index is -1.64. The Hall–Kier alpha value is -4.02. The van der Waals surface area contributed by atoms with E-state index in [-0.39, 0.29) is 17.9 Å². The summed E-state index contributed by atoms with van der Waals surface area (Å²) in [5.41, 5.74) is 9.24. The molecule has 2 aliphatic rings. The van der Waals surface area contributed by atoms with Gasteiger partial charge in [-0.15, -0.1) is 0 Å².